The first-order valence-corrected chi connectivity index (χ1v) is 6.83. The van der Waals surface area contributed by atoms with Crippen LogP contribution in [0.4, 0.5) is 8.78 Å². The smallest absolute Gasteiger partial charge is 0.134 e. The lowest BCUT2D eigenvalue weighted by Gasteiger charge is -2.10. The number of hydrogen-bond donors (Lipinski definition) is 0. The first-order valence-electron chi connectivity index (χ1n) is 6.83. The Morgan fingerprint density at radius 2 is 2.00 bits per heavy atom. The number of rotatable bonds is 4. The number of nitrogens with zero attached hydrogens (tertiary/aromatic N) is 2. The molecule has 0 saturated carbocycles. The molecule has 3 rings (SSSR count). The van der Waals surface area contributed by atoms with Gasteiger partial charge in [0.1, 0.15) is 17.4 Å². The van der Waals surface area contributed by atoms with Gasteiger partial charge in [0.2, 0.25) is 0 Å². The molecule has 1 aliphatic rings. The van der Waals surface area contributed by atoms with E-state index < -0.39 is 11.6 Å². The molecule has 0 radical (unpaired) electrons. The van der Waals surface area contributed by atoms with E-state index in [1.807, 2.05) is 0 Å². The zero-order chi connectivity index (χ0) is 14.1. The van der Waals surface area contributed by atoms with Crippen molar-refractivity contribution in [2.24, 2.45) is 0 Å². The highest BCUT2D eigenvalue weighted by Crippen LogP contribution is 2.25. The molecule has 5 heteroatoms. The third-order valence-corrected chi connectivity index (χ3v) is 3.63. The average molecular weight is 278 g/mol. The highest BCUT2D eigenvalue weighted by molar-refractivity contribution is 5.32. The summed E-state index contributed by atoms with van der Waals surface area (Å²) in [6.07, 6.45) is 4.81. The number of aryl methyl sites for hydroxylation is 1. The lowest BCUT2D eigenvalue weighted by Crippen LogP contribution is -2.09. The van der Waals surface area contributed by atoms with E-state index in [1.165, 1.54) is 17.7 Å². The van der Waals surface area contributed by atoms with E-state index in [4.69, 9.17) is 4.74 Å². The van der Waals surface area contributed by atoms with Crippen LogP contribution in [0.15, 0.2) is 18.3 Å². The Morgan fingerprint density at radius 3 is 2.70 bits per heavy atom. The molecule has 1 aliphatic carbocycles. The van der Waals surface area contributed by atoms with Crippen LogP contribution in [0.2, 0.25) is 0 Å². The van der Waals surface area contributed by atoms with Gasteiger partial charge >= 0.3 is 0 Å². The zero-order valence-corrected chi connectivity index (χ0v) is 11.3. The summed E-state index contributed by atoms with van der Waals surface area (Å²) in [5.41, 5.74) is 2.32. The van der Waals surface area contributed by atoms with E-state index >= 15 is 0 Å². The van der Waals surface area contributed by atoms with E-state index in [1.54, 1.807) is 17.8 Å². The molecule has 0 spiro atoms. The fourth-order valence-corrected chi connectivity index (χ4v) is 2.66. The van der Waals surface area contributed by atoms with Crippen LogP contribution in [0.3, 0.4) is 0 Å². The van der Waals surface area contributed by atoms with Crippen molar-refractivity contribution in [3.63, 3.8) is 0 Å². The van der Waals surface area contributed by atoms with Gasteiger partial charge in [-0.05, 0) is 31.7 Å². The molecule has 1 heterocycles. The van der Waals surface area contributed by atoms with Gasteiger partial charge in [0.05, 0.1) is 19.3 Å². The fraction of sp³-hybridized carbons (Fsp3) is 0.400. The van der Waals surface area contributed by atoms with E-state index in [0.29, 0.717) is 6.61 Å². The van der Waals surface area contributed by atoms with Crippen molar-refractivity contribution < 1.29 is 13.5 Å². The van der Waals surface area contributed by atoms with Crippen molar-refractivity contribution >= 4 is 0 Å². The maximum absolute atomic E-state index is 14.0. The van der Waals surface area contributed by atoms with Gasteiger partial charge in [-0.3, -0.25) is 4.68 Å². The number of fused-ring (bicyclic) bond motifs is 1. The summed E-state index contributed by atoms with van der Waals surface area (Å²) in [4.78, 5) is 0. The third-order valence-electron chi connectivity index (χ3n) is 3.63. The van der Waals surface area contributed by atoms with Gasteiger partial charge < -0.3 is 4.74 Å². The topological polar surface area (TPSA) is 27.1 Å². The predicted octanol–water partition coefficient (Wildman–Crippen LogP) is 3.10. The van der Waals surface area contributed by atoms with Crippen molar-refractivity contribution in [1.82, 2.24) is 9.78 Å². The van der Waals surface area contributed by atoms with Crippen molar-refractivity contribution in [3.05, 3.63) is 46.8 Å². The molecular weight excluding hydrogens is 262 g/mol. The van der Waals surface area contributed by atoms with Gasteiger partial charge in [-0.2, -0.15) is 5.10 Å². The highest BCUT2D eigenvalue weighted by atomic mass is 19.1. The van der Waals surface area contributed by atoms with Crippen LogP contribution in [0.1, 0.15) is 30.2 Å². The van der Waals surface area contributed by atoms with Crippen LogP contribution in [0.25, 0.3) is 0 Å². The summed E-state index contributed by atoms with van der Waals surface area (Å²) < 4.78 is 34.9. The van der Waals surface area contributed by atoms with E-state index in [0.717, 1.165) is 25.0 Å². The Hall–Kier alpha value is -1.91. The molecule has 20 heavy (non-hydrogen) atoms. The number of halogens is 2. The second kappa shape index (κ2) is 5.23. The van der Waals surface area contributed by atoms with Gasteiger partial charge in [-0.25, -0.2) is 8.78 Å². The van der Waals surface area contributed by atoms with Gasteiger partial charge in [-0.15, -0.1) is 0 Å². The van der Waals surface area contributed by atoms with Crippen LogP contribution in [0.5, 0.6) is 5.75 Å². The molecule has 0 fully saturated rings. The third kappa shape index (κ3) is 2.28. The number of benzene rings is 1. The van der Waals surface area contributed by atoms with Crippen molar-refractivity contribution in [1.29, 1.82) is 0 Å². The Morgan fingerprint density at radius 1 is 1.25 bits per heavy atom. The first-order chi connectivity index (χ1) is 9.69. The van der Waals surface area contributed by atoms with Gasteiger partial charge in [0.15, 0.2) is 0 Å². The van der Waals surface area contributed by atoms with Crippen molar-refractivity contribution in [2.75, 3.05) is 6.61 Å². The molecule has 0 saturated heterocycles. The quantitative estimate of drug-likeness (QED) is 0.859. The Balaban J connectivity index is 1.90. The second-order valence-corrected chi connectivity index (χ2v) is 4.93. The zero-order valence-electron chi connectivity index (χ0n) is 11.3. The van der Waals surface area contributed by atoms with Crippen LogP contribution in [-0.4, -0.2) is 16.4 Å². The first kappa shape index (κ1) is 13.1. The molecule has 0 amide bonds. The van der Waals surface area contributed by atoms with Gasteiger partial charge in [0.25, 0.3) is 0 Å². The SMILES string of the molecule is CCOc1cc(F)c(Cn2ncc3c2CCC3)c(F)c1. The van der Waals surface area contributed by atoms with Crippen molar-refractivity contribution in [2.45, 2.75) is 32.7 Å². The molecule has 1 aromatic heterocycles. The molecular formula is C15H16F2N2O. The van der Waals surface area contributed by atoms with Crippen LogP contribution in [0, 0.1) is 11.6 Å². The molecule has 0 atom stereocenters. The largest absolute Gasteiger partial charge is 0.494 e. The summed E-state index contributed by atoms with van der Waals surface area (Å²) in [5, 5.41) is 4.23. The van der Waals surface area contributed by atoms with Gasteiger partial charge in [0, 0.05) is 23.4 Å². The molecule has 0 N–H and O–H groups in total. The summed E-state index contributed by atoms with van der Waals surface area (Å²) in [6, 6.07) is 2.46. The van der Waals surface area contributed by atoms with Crippen molar-refractivity contribution in [3.8, 4) is 5.75 Å². The summed E-state index contributed by atoms with van der Waals surface area (Å²) >= 11 is 0. The highest BCUT2D eigenvalue weighted by Gasteiger charge is 2.19. The monoisotopic (exact) mass is 278 g/mol. The minimum absolute atomic E-state index is 0.0336. The summed E-state index contributed by atoms with van der Waals surface area (Å²) in [6.45, 7) is 2.28. The van der Waals surface area contributed by atoms with E-state index in [9.17, 15) is 8.78 Å². The molecule has 1 aromatic carbocycles. The lowest BCUT2D eigenvalue weighted by molar-refractivity contribution is 0.335. The number of aromatic nitrogens is 2. The summed E-state index contributed by atoms with van der Waals surface area (Å²) in [5.74, 6) is -0.955. The fourth-order valence-electron chi connectivity index (χ4n) is 2.66. The second-order valence-electron chi connectivity index (χ2n) is 4.93. The van der Waals surface area contributed by atoms with Crippen LogP contribution < -0.4 is 4.74 Å². The van der Waals surface area contributed by atoms with Gasteiger partial charge in [-0.1, -0.05) is 0 Å². The molecule has 106 valence electrons. The van der Waals surface area contributed by atoms with E-state index in [-0.39, 0.29) is 17.9 Å². The minimum atomic E-state index is -0.587. The number of ether oxygens (including phenoxy) is 1. The molecule has 0 unspecified atom stereocenters. The number of hydrogen-bond acceptors (Lipinski definition) is 2. The van der Waals surface area contributed by atoms with E-state index in [2.05, 4.69) is 5.10 Å². The maximum Gasteiger partial charge on any atom is 0.134 e. The summed E-state index contributed by atoms with van der Waals surface area (Å²) in [7, 11) is 0. The van der Waals surface area contributed by atoms with Crippen LogP contribution >= 0.6 is 0 Å². The Bertz CT molecular complexity index is 614. The maximum atomic E-state index is 14.0. The minimum Gasteiger partial charge on any atom is -0.494 e. The Kier molecular flexibility index (Phi) is 3.42. The lowest BCUT2D eigenvalue weighted by atomic mass is 10.2. The molecule has 2 aromatic rings. The normalized spacial score (nSPS) is 13.6. The Labute approximate surface area is 116 Å². The average Bonchev–Trinajstić information content (AvgIpc) is 2.98. The molecule has 3 nitrogen and oxygen atoms in total. The predicted molar refractivity (Wildman–Crippen MR) is 70.9 cm³/mol. The molecule has 0 bridgehead atoms. The van der Waals surface area contributed by atoms with Crippen LogP contribution in [-0.2, 0) is 19.4 Å². The molecule has 0 aliphatic heterocycles. The standard InChI is InChI=1S/C15H16F2N2O/c1-2-20-11-6-13(16)12(14(17)7-11)9-19-15-5-3-4-10(15)8-18-19/h6-8H,2-5,9H2,1H3.